The van der Waals surface area contributed by atoms with E-state index in [1.807, 2.05) is 12.1 Å². The molecule has 0 bridgehead atoms. The highest BCUT2D eigenvalue weighted by Gasteiger charge is 2.34. The van der Waals surface area contributed by atoms with Crippen LogP contribution in [0.25, 0.3) is 0 Å². The van der Waals surface area contributed by atoms with Crippen LogP contribution < -0.4 is 5.73 Å². The molecule has 0 amide bonds. The highest BCUT2D eigenvalue weighted by Crippen LogP contribution is 2.36. The molecule has 2 nitrogen and oxygen atoms in total. The molecule has 2 unspecified atom stereocenters. The molecule has 3 N–H and O–H groups in total. The summed E-state index contributed by atoms with van der Waals surface area (Å²) in [5.74, 6) is 0. The second-order valence-corrected chi connectivity index (χ2v) is 4.76. The maximum Gasteiger partial charge on any atom is 0.0911 e. The Labute approximate surface area is 91.1 Å². The van der Waals surface area contributed by atoms with E-state index in [0.717, 1.165) is 24.8 Å². The van der Waals surface area contributed by atoms with Crippen molar-refractivity contribution in [3.05, 3.63) is 35.4 Å². The van der Waals surface area contributed by atoms with Crippen LogP contribution in [0.5, 0.6) is 0 Å². The summed E-state index contributed by atoms with van der Waals surface area (Å²) < 4.78 is 0. The zero-order chi connectivity index (χ0) is 10.9. The summed E-state index contributed by atoms with van der Waals surface area (Å²) in [4.78, 5) is 0. The molecule has 0 radical (unpaired) electrons. The second kappa shape index (κ2) is 3.95. The van der Waals surface area contributed by atoms with Crippen molar-refractivity contribution in [2.45, 2.75) is 44.2 Å². The fourth-order valence-corrected chi connectivity index (χ4v) is 2.49. The van der Waals surface area contributed by atoms with Crippen molar-refractivity contribution in [2.75, 3.05) is 0 Å². The van der Waals surface area contributed by atoms with Gasteiger partial charge in [-0.25, -0.2) is 0 Å². The molecule has 1 aliphatic rings. The molecule has 2 rings (SSSR count). The van der Waals surface area contributed by atoms with Crippen LogP contribution in [0.15, 0.2) is 24.3 Å². The third-order valence-electron chi connectivity index (χ3n) is 3.32. The first kappa shape index (κ1) is 10.7. The lowest BCUT2D eigenvalue weighted by atomic mass is 9.77. The highest BCUT2D eigenvalue weighted by molar-refractivity contribution is 5.28. The van der Waals surface area contributed by atoms with Gasteiger partial charge in [-0.05, 0) is 38.2 Å². The van der Waals surface area contributed by atoms with Gasteiger partial charge in [0, 0.05) is 6.04 Å². The molecule has 1 aliphatic carbocycles. The average Bonchev–Trinajstić information content (AvgIpc) is 2.17. The van der Waals surface area contributed by atoms with Crippen molar-refractivity contribution < 1.29 is 5.11 Å². The fraction of sp³-hybridized carbons (Fsp3) is 0.538. The van der Waals surface area contributed by atoms with Crippen molar-refractivity contribution in [2.24, 2.45) is 5.73 Å². The number of aliphatic hydroxyl groups is 1. The summed E-state index contributed by atoms with van der Waals surface area (Å²) >= 11 is 0. The SMILES string of the molecule is Cc1cccc(C2(O)CCCC(N)C2)c1. The second-order valence-electron chi connectivity index (χ2n) is 4.76. The first-order valence-corrected chi connectivity index (χ1v) is 5.65. The van der Waals surface area contributed by atoms with Crippen molar-refractivity contribution in [3.8, 4) is 0 Å². The Hall–Kier alpha value is -0.860. The predicted molar refractivity (Wildman–Crippen MR) is 61.5 cm³/mol. The molecule has 1 aromatic rings. The maximum absolute atomic E-state index is 10.6. The number of nitrogens with two attached hydrogens (primary N) is 1. The Balaban J connectivity index is 2.28. The third-order valence-corrected chi connectivity index (χ3v) is 3.32. The number of benzene rings is 1. The van der Waals surface area contributed by atoms with Gasteiger partial charge in [-0.3, -0.25) is 0 Å². The molecule has 0 aromatic heterocycles. The Morgan fingerprint density at radius 2 is 2.27 bits per heavy atom. The van der Waals surface area contributed by atoms with Crippen LogP contribution in [0.3, 0.4) is 0 Å². The predicted octanol–water partition coefficient (Wildman–Crippen LogP) is 2.08. The molecule has 0 spiro atoms. The van der Waals surface area contributed by atoms with Crippen LogP contribution in [-0.2, 0) is 5.60 Å². The van der Waals surface area contributed by atoms with Crippen molar-refractivity contribution in [1.29, 1.82) is 0 Å². The van der Waals surface area contributed by atoms with Crippen LogP contribution >= 0.6 is 0 Å². The van der Waals surface area contributed by atoms with Gasteiger partial charge in [-0.1, -0.05) is 29.8 Å². The van der Waals surface area contributed by atoms with E-state index in [0.29, 0.717) is 6.42 Å². The number of aryl methyl sites for hydroxylation is 1. The van der Waals surface area contributed by atoms with Gasteiger partial charge in [0.1, 0.15) is 0 Å². The summed E-state index contributed by atoms with van der Waals surface area (Å²) in [5, 5.41) is 10.6. The van der Waals surface area contributed by atoms with Crippen LogP contribution in [0.4, 0.5) is 0 Å². The standard InChI is InChI=1S/C13H19NO/c1-10-4-2-5-11(8-10)13(15)7-3-6-12(14)9-13/h2,4-5,8,12,15H,3,6-7,9,14H2,1H3. The lowest BCUT2D eigenvalue weighted by Gasteiger charge is -2.36. The minimum Gasteiger partial charge on any atom is -0.385 e. The van der Waals surface area contributed by atoms with Gasteiger partial charge in [-0.2, -0.15) is 0 Å². The summed E-state index contributed by atoms with van der Waals surface area (Å²) in [6.07, 6.45) is 3.58. The lowest BCUT2D eigenvalue weighted by molar-refractivity contribution is -0.00721. The molecule has 1 saturated carbocycles. The molecule has 1 fully saturated rings. The first-order valence-electron chi connectivity index (χ1n) is 5.65. The van der Waals surface area contributed by atoms with Gasteiger partial charge in [0.15, 0.2) is 0 Å². The summed E-state index contributed by atoms with van der Waals surface area (Å²) in [6.45, 7) is 2.05. The third kappa shape index (κ3) is 2.21. The van der Waals surface area contributed by atoms with Crippen molar-refractivity contribution in [1.82, 2.24) is 0 Å². The Morgan fingerprint density at radius 3 is 2.93 bits per heavy atom. The Morgan fingerprint density at radius 1 is 1.47 bits per heavy atom. The zero-order valence-corrected chi connectivity index (χ0v) is 9.24. The molecule has 0 heterocycles. The quantitative estimate of drug-likeness (QED) is 0.737. The highest BCUT2D eigenvalue weighted by atomic mass is 16.3. The van der Waals surface area contributed by atoms with E-state index in [1.54, 1.807) is 0 Å². The van der Waals surface area contributed by atoms with Gasteiger partial charge in [-0.15, -0.1) is 0 Å². The Bertz CT molecular complexity index is 350. The van der Waals surface area contributed by atoms with Crippen LogP contribution in [-0.4, -0.2) is 11.1 Å². The number of hydrogen-bond acceptors (Lipinski definition) is 2. The van der Waals surface area contributed by atoms with Crippen LogP contribution in [0.2, 0.25) is 0 Å². The van der Waals surface area contributed by atoms with Gasteiger partial charge < -0.3 is 10.8 Å². The molecule has 15 heavy (non-hydrogen) atoms. The van der Waals surface area contributed by atoms with Gasteiger partial charge >= 0.3 is 0 Å². The molecule has 0 saturated heterocycles. The van der Waals surface area contributed by atoms with Crippen LogP contribution in [0, 0.1) is 6.92 Å². The lowest BCUT2D eigenvalue weighted by Crippen LogP contribution is -2.39. The maximum atomic E-state index is 10.6. The number of hydrogen-bond donors (Lipinski definition) is 2. The van der Waals surface area contributed by atoms with E-state index in [-0.39, 0.29) is 6.04 Å². The molecule has 2 atom stereocenters. The van der Waals surface area contributed by atoms with Gasteiger partial charge in [0.05, 0.1) is 5.60 Å². The Kier molecular flexibility index (Phi) is 2.81. The van der Waals surface area contributed by atoms with Gasteiger partial charge in [0.25, 0.3) is 0 Å². The molecule has 0 aliphatic heterocycles. The zero-order valence-electron chi connectivity index (χ0n) is 9.24. The summed E-state index contributed by atoms with van der Waals surface area (Å²) in [5.41, 5.74) is 7.46. The van der Waals surface area contributed by atoms with E-state index < -0.39 is 5.60 Å². The van der Waals surface area contributed by atoms with E-state index >= 15 is 0 Å². The summed E-state index contributed by atoms with van der Waals surface area (Å²) in [6, 6.07) is 8.27. The molecule has 82 valence electrons. The molecule has 1 aromatic carbocycles. The number of rotatable bonds is 1. The van der Waals surface area contributed by atoms with Gasteiger partial charge in [0.2, 0.25) is 0 Å². The smallest absolute Gasteiger partial charge is 0.0911 e. The molecular formula is C13H19NO. The molecular weight excluding hydrogens is 186 g/mol. The van der Waals surface area contributed by atoms with Crippen LogP contribution in [0.1, 0.15) is 36.8 Å². The average molecular weight is 205 g/mol. The van der Waals surface area contributed by atoms with E-state index in [9.17, 15) is 5.11 Å². The van der Waals surface area contributed by atoms with E-state index in [1.165, 1.54) is 5.56 Å². The largest absolute Gasteiger partial charge is 0.385 e. The summed E-state index contributed by atoms with van der Waals surface area (Å²) in [7, 11) is 0. The normalized spacial score (nSPS) is 31.5. The van der Waals surface area contributed by atoms with E-state index in [2.05, 4.69) is 19.1 Å². The fourth-order valence-electron chi connectivity index (χ4n) is 2.49. The van der Waals surface area contributed by atoms with Crippen molar-refractivity contribution >= 4 is 0 Å². The molecule has 2 heteroatoms. The van der Waals surface area contributed by atoms with Crippen molar-refractivity contribution in [3.63, 3.8) is 0 Å². The minimum absolute atomic E-state index is 0.143. The minimum atomic E-state index is -0.691. The monoisotopic (exact) mass is 205 g/mol. The topological polar surface area (TPSA) is 46.2 Å². The first-order chi connectivity index (χ1) is 7.10. The van der Waals surface area contributed by atoms with E-state index in [4.69, 9.17) is 5.73 Å².